The highest BCUT2D eigenvalue weighted by Gasteiger charge is 2.17. The van der Waals surface area contributed by atoms with Crippen LogP contribution in [0.15, 0.2) is 53.5 Å². The average Bonchev–Trinajstić information content (AvgIpc) is 3.35. The highest BCUT2D eigenvalue weighted by atomic mass is 32.1. The number of hydrogen-bond acceptors (Lipinski definition) is 6. The van der Waals surface area contributed by atoms with Gasteiger partial charge in [0.15, 0.2) is 10.9 Å². The fourth-order valence-electron chi connectivity index (χ4n) is 2.38. The molecule has 6 nitrogen and oxygen atoms in total. The van der Waals surface area contributed by atoms with Gasteiger partial charge in [-0.05, 0) is 30.5 Å². The van der Waals surface area contributed by atoms with Crippen LogP contribution in [0.3, 0.4) is 0 Å². The minimum atomic E-state index is -0.230. The van der Waals surface area contributed by atoms with Crippen LogP contribution in [0.5, 0.6) is 0 Å². The van der Waals surface area contributed by atoms with Crippen LogP contribution < -0.4 is 5.32 Å². The van der Waals surface area contributed by atoms with Crippen molar-refractivity contribution in [3.63, 3.8) is 0 Å². The quantitative estimate of drug-likeness (QED) is 0.591. The van der Waals surface area contributed by atoms with Gasteiger partial charge in [0.25, 0.3) is 5.91 Å². The van der Waals surface area contributed by atoms with E-state index in [1.165, 1.54) is 11.3 Å². The van der Waals surface area contributed by atoms with Crippen LogP contribution in [0.25, 0.3) is 16.4 Å². The molecule has 0 fully saturated rings. The lowest BCUT2D eigenvalue weighted by atomic mass is 10.2. The molecule has 4 rings (SSSR count). The van der Waals surface area contributed by atoms with E-state index in [9.17, 15) is 4.79 Å². The fraction of sp³-hybridized carbons (Fsp3) is 0.0588. The van der Waals surface area contributed by atoms with E-state index >= 15 is 0 Å². The molecule has 0 atom stereocenters. The van der Waals surface area contributed by atoms with Crippen molar-refractivity contribution in [3.05, 3.63) is 64.7 Å². The van der Waals surface area contributed by atoms with Gasteiger partial charge in [-0.1, -0.05) is 12.1 Å². The molecule has 0 spiro atoms. The van der Waals surface area contributed by atoms with E-state index in [-0.39, 0.29) is 5.91 Å². The van der Waals surface area contributed by atoms with Crippen molar-refractivity contribution >= 4 is 33.7 Å². The molecule has 0 aliphatic carbocycles. The number of nitrogens with zero attached hydrogens (tertiary/aromatic N) is 4. The van der Waals surface area contributed by atoms with Crippen molar-refractivity contribution in [2.75, 3.05) is 5.32 Å². The van der Waals surface area contributed by atoms with Gasteiger partial charge >= 0.3 is 0 Å². The van der Waals surface area contributed by atoms with Crippen LogP contribution in [-0.4, -0.2) is 25.7 Å². The predicted molar refractivity (Wildman–Crippen MR) is 99.5 cm³/mol. The number of anilines is 1. The van der Waals surface area contributed by atoms with Gasteiger partial charge in [-0.15, -0.1) is 22.7 Å². The molecule has 0 saturated heterocycles. The summed E-state index contributed by atoms with van der Waals surface area (Å²) in [5.74, 6) is 0.444. The number of aromatic nitrogens is 4. The third-order valence-corrected chi connectivity index (χ3v) is 5.27. The third kappa shape index (κ3) is 3.09. The van der Waals surface area contributed by atoms with E-state index < -0.39 is 0 Å². The molecule has 8 heteroatoms. The third-order valence-electron chi connectivity index (χ3n) is 3.62. The Morgan fingerprint density at radius 1 is 1.20 bits per heavy atom. The van der Waals surface area contributed by atoms with E-state index in [1.54, 1.807) is 28.4 Å². The molecule has 4 aromatic heterocycles. The molecular formula is C17H13N5OS2. The number of rotatable bonds is 4. The lowest BCUT2D eigenvalue weighted by Gasteiger charge is -2.04. The minimum Gasteiger partial charge on any atom is -0.298 e. The summed E-state index contributed by atoms with van der Waals surface area (Å²) < 4.78 is 1.65. The molecular weight excluding hydrogens is 354 g/mol. The average molecular weight is 367 g/mol. The van der Waals surface area contributed by atoms with E-state index in [2.05, 4.69) is 20.4 Å². The Labute approximate surface area is 151 Å². The monoisotopic (exact) mass is 367 g/mol. The van der Waals surface area contributed by atoms with Gasteiger partial charge in [-0.25, -0.2) is 14.6 Å². The standard InChI is InChI=1S/C17H13N5OS2/c1-11-12(9-19-22(11)15-6-2-3-7-18-15)16(23)21-17-20-13(10-25-17)14-5-4-8-24-14/h2-10H,1H3,(H,20,21,23). The fourth-order valence-corrected chi connectivity index (χ4v) is 3.84. The second-order valence-electron chi connectivity index (χ2n) is 5.21. The lowest BCUT2D eigenvalue weighted by molar-refractivity contribution is 0.102. The van der Waals surface area contributed by atoms with Crippen molar-refractivity contribution < 1.29 is 4.79 Å². The van der Waals surface area contributed by atoms with Crippen molar-refractivity contribution in [1.29, 1.82) is 0 Å². The SMILES string of the molecule is Cc1c(C(=O)Nc2nc(-c3cccs3)cs2)cnn1-c1ccccn1. The van der Waals surface area contributed by atoms with Crippen molar-refractivity contribution in [1.82, 2.24) is 19.7 Å². The summed E-state index contributed by atoms with van der Waals surface area (Å²) in [5.41, 5.74) is 2.10. The summed E-state index contributed by atoms with van der Waals surface area (Å²) >= 11 is 3.02. The Kier molecular flexibility index (Phi) is 4.12. The molecule has 0 unspecified atom stereocenters. The van der Waals surface area contributed by atoms with Crippen LogP contribution in [0.1, 0.15) is 16.1 Å². The topological polar surface area (TPSA) is 72.7 Å². The molecule has 25 heavy (non-hydrogen) atoms. The van der Waals surface area contributed by atoms with E-state index in [0.717, 1.165) is 16.3 Å². The van der Waals surface area contributed by atoms with Gasteiger partial charge in [-0.2, -0.15) is 5.10 Å². The van der Waals surface area contributed by atoms with Crippen LogP contribution in [0.4, 0.5) is 5.13 Å². The molecule has 124 valence electrons. The number of amides is 1. The first-order valence-corrected chi connectivity index (χ1v) is 9.25. The molecule has 0 saturated carbocycles. The van der Waals surface area contributed by atoms with Crippen LogP contribution in [-0.2, 0) is 0 Å². The lowest BCUT2D eigenvalue weighted by Crippen LogP contribution is -2.13. The highest BCUT2D eigenvalue weighted by molar-refractivity contribution is 7.16. The summed E-state index contributed by atoms with van der Waals surface area (Å²) in [6, 6.07) is 9.55. The van der Waals surface area contributed by atoms with Crippen molar-refractivity contribution in [2.24, 2.45) is 0 Å². The van der Waals surface area contributed by atoms with Gasteiger partial charge in [-0.3, -0.25) is 10.1 Å². The molecule has 0 bridgehead atoms. The number of carbonyl (C=O) groups is 1. The largest absolute Gasteiger partial charge is 0.298 e. The van der Waals surface area contributed by atoms with Gasteiger partial charge in [0.2, 0.25) is 0 Å². The maximum absolute atomic E-state index is 12.6. The second kappa shape index (κ2) is 6.58. The molecule has 1 N–H and O–H groups in total. The van der Waals surface area contributed by atoms with Gasteiger partial charge in [0.1, 0.15) is 0 Å². The molecule has 0 radical (unpaired) electrons. The Balaban J connectivity index is 1.55. The number of pyridine rings is 1. The number of thiazole rings is 1. The zero-order valence-electron chi connectivity index (χ0n) is 13.2. The van der Waals surface area contributed by atoms with Gasteiger partial charge in [0, 0.05) is 11.6 Å². The van der Waals surface area contributed by atoms with E-state index in [0.29, 0.717) is 16.5 Å². The molecule has 0 aromatic carbocycles. The molecule has 1 amide bonds. The second-order valence-corrected chi connectivity index (χ2v) is 7.02. The first-order valence-electron chi connectivity index (χ1n) is 7.49. The molecule has 4 aromatic rings. The first-order chi connectivity index (χ1) is 12.2. The molecule has 0 aliphatic heterocycles. The van der Waals surface area contributed by atoms with Gasteiger partial charge in [0.05, 0.1) is 28.0 Å². The number of thiophene rings is 1. The Bertz CT molecular complexity index is 1010. The van der Waals surface area contributed by atoms with Crippen LogP contribution in [0.2, 0.25) is 0 Å². The highest BCUT2D eigenvalue weighted by Crippen LogP contribution is 2.28. The zero-order valence-corrected chi connectivity index (χ0v) is 14.8. The van der Waals surface area contributed by atoms with Crippen molar-refractivity contribution in [2.45, 2.75) is 6.92 Å². The molecule has 4 heterocycles. The molecule has 0 aliphatic rings. The summed E-state index contributed by atoms with van der Waals surface area (Å²) in [5, 5.41) is 11.6. The summed E-state index contributed by atoms with van der Waals surface area (Å²) in [6.45, 7) is 1.84. The van der Waals surface area contributed by atoms with E-state index in [1.807, 2.05) is 48.0 Å². The van der Waals surface area contributed by atoms with Crippen molar-refractivity contribution in [3.8, 4) is 16.4 Å². The van der Waals surface area contributed by atoms with Gasteiger partial charge < -0.3 is 0 Å². The Hall–Kier alpha value is -2.84. The smallest absolute Gasteiger partial charge is 0.260 e. The number of hydrogen-bond donors (Lipinski definition) is 1. The minimum absolute atomic E-state index is 0.230. The first kappa shape index (κ1) is 15.7. The number of nitrogens with one attached hydrogen (secondary N) is 1. The Morgan fingerprint density at radius 2 is 2.12 bits per heavy atom. The normalized spacial score (nSPS) is 10.8. The maximum atomic E-state index is 12.6. The predicted octanol–water partition coefficient (Wildman–Crippen LogP) is 4.01. The summed E-state index contributed by atoms with van der Waals surface area (Å²) in [7, 11) is 0. The summed E-state index contributed by atoms with van der Waals surface area (Å²) in [6.07, 6.45) is 3.24. The maximum Gasteiger partial charge on any atom is 0.260 e. The number of carbonyl (C=O) groups excluding carboxylic acids is 1. The summed E-state index contributed by atoms with van der Waals surface area (Å²) in [4.78, 5) is 22.4. The Morgan fingerprint density at radius 3 is 2.88 bits per heavy atom. The van der Waals surface area contributed by atoms with E-state index in [4.69, 9.17) is 0 Å². The van der Waals surface area contributed by atoms with Crippen LogP contribution >= 0.6 is 22.7 Å². The zero-order chi connectivity index (χ0) is 17.2. The van der Waals surface area contributed by atoms with Crippen LogP contribution in [0, 0.1) is 6.92 Å².